The first kappa shape index (κ1) is 22.7. The Morgan fingerprint density at radius 3 is 2.69 bits per heavy atom. The molecule has 2 saturated heterocycles. The molecular weight excluding hydrogens is 428 g/mol. The third kappa shape index (κ3) is 5.11. The van der Waals surface area contributed by atoms with Crippen LogP contribution in [0.25, 0.3) is 0 Å². The first-order valence-electron chi connectivity index (χ1n) is 11.1. The van der Waals surface area contributed by atoms with Gasteiger partial charge in [0.15, 0.2) is 0 Å². The number of carbonyl (C=O) groups is 1. The maximum absolute atomic E-state index is 13.1. The van der Waals surface area contributed by atoms with Crippen molar-refractivity contribution in [3.05, 3.63) is 53.7 Å². The zero-order valence-corrected chi connectivity index (χ0v) is 19.2. The minimum Gasteiger partial charge on any atom is -0.378 e. The van der Waals surface area contributed by atoms with Crippen LogP contribution in [0.15, 0.2) is 47.5 Å². The molecule has 2 aliphatic heterocycles. The zero-order valence-electron chi connectivity index (χ0n) is 18.4. The molecule has 0 bridgehead atoms. The number of amides is 1. The Kier molecular flexibility index (Phi) is 7.07. The number of hydrogen-bond acceptors (Lipinski definition) is 6. The molecule has 0 radical (unpaired) electrons. The van der Waals surface area contributed by atoms with Crippen LogP contribution in [-0.4, -0.2) is 62.5 Å². The predicted molar refractivity (Wildman–Crippen MR) is 122 cm³/mol. The van der Waals surface area contributed by atoms with E-state index in [0.717, 1.165) is 43.7 Å². The summed E-state index contributed by atoms with van der Waals surface area (Å²) >= 11 is 0. The molecule has 3 heterocycles. The summed E-state index contributed by atoms with van der Waals surface area (Å²) in [7, 11) is -3.62. The first-order valence-corrected chi connectivity index (χ1v) is 12.6. The quantitative estimate of drug-likeness (QED) is 0.715. The molecule has 1 atom stereocenters. The molecule has 0 aliphatic carbocycles. The van der Waals surface area contributed by atoms with E-state index in [1.807, 2.05) is 19.1 Å². The molecule has 0 saturated carbocycles. The van der Waals surface area contributed by atoms with E-state index in [2.05, 4.69) is 15.2 Å². The third-order valence-corrected chi connectivity index (χ3v) is 8.05. The molecule has 2 fully saturated rings. The lowest BCUT2D eigenvalue weighted by molar-refractivity contribution is 0.0950. The summed E-state index contributed by atoms with van der Waals surface area (Å²) in [5.74, 6) is 0.583. The van der Waals surface area contributed by atoms with E-state index >= 15 is 0 Å². The summed E-state index contributed by atoms with van der Waals surface area (Å²) in [5.41, 5.74) is 1.20. The summed E-state index contributed by atoms with van der Waals surface area (Å²) in [4.78, 5) is 19.5. The standard InChI is InChI=1S/C23H30N4O4S/c1-18-5-2-3-10-27(18)32(29,30)21-7-4-6-20(15-21)23(28)25-17-19-8-9-22(24-16-19)26-11-13-31-14-12-26/h4,6-9,15-16,18H,2-3,5,10-14,17H2,1H3,(H,25,28)/t18-/m0/s1. The SMILES string of the molecule is C[C@H]1CCCCN1S(=O)(=O)c1cccc(C(=O)NCc2ccc(N3CCOCC3)nc2)c1. The highest BCUT2D eigenvalue weighted by Crippen LogP contribution is 2.25. The first-order chi connectivity index (χ1) is 15.4. The average molecular weight is 459 g/mol. The lowest BCUT2D eigenvalue weighted by Gasteiger charge is -2.32. The Balaban J connectivity index is 1.39. The van der Waals surface area contributed by atoms with Gasteiger partial charge in [0.1, 0.15) is 5.82 Å². The lowest BCUT2D eigenvalue weighted by Crippen LogP contribution is -2.42. The molecule has 0 spiro atoms. The van der Waals surface area contributed by atoms with E-state index in [4.69, 9.17) is 4.74 Å². The van der Waals surface area contributed by atoms with E-state index in [1.54, 1.807) is 28.7 Å². The van der Waals surface area contributed by atoms with Crippen LogP contribution in [0, 0.1) is 0 Å². The molecule has 2 aromatic rings. The number of anilines is 1. The number of hydrogen-bond donors (Lipinski definition) is 1. The third-order valence-electron chi connectivity index (χ3n) is 6.04. The fraction of sp³-hybridized carbons (Fsp3) is 0.478. The van der Waals surface area contributed by atoms with Crippen LogP contribution in [0.3, 0.4) is 0 Å². The number of rotatable bonds is 6. The van der Waals surface area contributed by atoms with Gasteiger partial charge in [0, 0.05) is 44.0 Å². The molecule has 9 heteroatoms. The smallest absolute Gasteiger partial charge is 0.251 e. The molecule has 4 rings (SSSR count). The number of piperidine rings is 1. The molecule has 32 heavy (non-hydrogen) atoms. The number of benzene rings is 1. The van der Waals surface area contributed by atoms with Crippen molar-refractivity contribution in [1.29, 1.82) is 0 Å². The molecule has 8 nitrogen and oxygen atoms in total. The van der Waals surface area contributed by atoms with E-state index in [1.165, 1.54) is 6.07 Å². The van der Waals surface area contributed by atoms with Gasteiger partial charge in [0.2, 0.25) is 10.0 Å². The van der Waals surface area contributed by atoms with Crippen molar-refractivity contribution in [1.82, 2.24) is 14.6 Å². The molecule has 2 aliphatic rings. The Hall–Kier alpha value is -2.49. The van der Waals surface area contributed by atoms with Crippen molar-refractivity contribution >= 4 is 21.7 Å². The molecular formula is C23H30N4O4S. The Labute approximate surface area is 189 Å². The normalized spacial score (nSPS) is 20.2. The summed E-state index contributed by atoms with van der Waals surface area (Å²) in [6.45, 7) is 5.81. The van der Waals surface area contributed by atoms with Crippen molar-refractivity contribution < 1.29 is 17.9 Å². The summed E-state index contributed by atoms with van der Waals surface area (Å²) in [6.07, 6.45) is 4.52. The van der Waals surface area contributed by atoms with Crippen molar-refractivity contribution in [3.63, 3.8) is 0 Å². The maximum atomic E-state index is 13.1. The van der Waals surface area contributed by atoms with Crippen LogP contribution in [0.1, 0.15) is 42.1 Å². The maximum Gasteiger partial charge on any atom is 0.251 e. The minimum atomic E-state index is -3.62. The Bertz CT molecular complexity index is 1040. The van der Waals surface area contributed by atoms with Crippen LogP contribution in [-0.2, 0) is 21.3 Å². The van der Waals surface area contributed by atoms with E-state index in [9.17, 15) is 13.2 Å². The summed E-state index contributed by atoms with van der Waals surface area (Å²) in [6, 6.07) is 10.1. The number of aromatic nitrogens is 1. The van der Waals surface area contributed by atoms with E-state index in [-0.39, 0.29) is 16.8 Å². The lowest BCUT2D eigenvalue weighted by atomic mass is 10.1. The number of ether oxygens (including phenoxy) is 1. The molecule has 1 aromatic heterocycles. The van der Waals surface area contributed by atoms with Crippen molar-refractivity contribution in [2.75, 3.05) is 37.7 Å². The van der Waals surface area contributed by atoms with Crippen LogP contribution in [0.5, 0.6) is 0 Å². The van der Waals surface area contributed by atoms with Gasteiger partial charge in [-0.15, -0.1) is 0 Å². The van der Waals surface area contributed by atoms with Crippen molar-refractivity contribution in [2.24, 2.45) is 0 Å². The average Bonchev–Trinajstić information content (AvgIpc) is 2.83. The van der Waals surface area contributed by atoms with Gasteiger partial charge in [-0.1, -0.05) is 18.6 Å². The highest BCUT2D eigenvalue weighted by molar-refractivity contribution is 7.89. The monoisotopic (exact) mass is 458 g/mol. The van der Waals surface area contributed by atoms with Gasteiger partial charge in [-0.2, -0.15) is 4.31 Å². The molecule has 1 N–H and O–H groups in total. The number of carbonyl (C=O) groups excluding carboxylic acids is 1. The molecule has 1 amide bonds. The van der Waals surface area contributed by atoms with Gasteiger partial charge in [0.05, 0.1) is 18.1 Å². The predicted octanol–water partition coefficient (Wildman–Crippen LogP) is 2.41. The fourth-order valence-electron chi connectivity index (χ4n) is 4.15. The number of sulfonamides is 1. The van der Waals surface area contributed by atoms with Crippen LogP contribution >= 0.6 is 0 Å². The highest BCUT2D eigenvalue weighted by atomic mass is 32.2. The number of nitrogens with one attached hydrogen (secondary N) is 1. The van der Waals surface area contributed by atoms with Gasteiger partial charge in [0.25, 0.3) is 5.91 Å². The van der Waals surface area contributed by atoms with Crippen LogP contribution in [0.4, 0.5) is 5.82 Å². The van der Waals surface area contributed by atoms with Crippen LogP contribution in [0.2, 0.25) is 0 Å². The Morgan fingerprint density at radius 1 is 1.16 bits per heavy atom. The number of nitrogens with zero attached hydrogens (tertiary/aromatic N) is 3. The summed E-state index contributed by atoms with van der Waals surface area (Å²) in [5, 5.41) is 2.86. The topological polar surface area (TPSA) is 91.8 Å². The summed E-state index contributed by atoms with van der Waals surface area (Å²) < 4.78 is 33.1. The largest absolute Gasteiger partial charge is 0.378 e. The number of morpholine rings is 1. The van der Waals surface area contributed by atoms with Gasteiger partial charge in [-0.3, -0.25) is 4.79 Å². The molecule has 172 valence electrons. The molecule has 0 unspecified atom stereocenters. The van der Waals surface area contributed by atoms with E-state index in [0.29, 0.717) is 31.9 Å². The van der Waals surface area contributed by atoms with Gasteiger partial charge in [-0.05, 0) is 49.6 Å². The second-order valence-corrected chi connectivity index (χ2v) is 10.2. The van der Waals surface area contributed by atoms with Gasteiger partial charge in [-0.25, -0.2) is 13.4 Å². The van der Waals surface area contributed by atoms with Crippen LogP contribution < -0.4 is 10.2 Å². The minimum absolute atomic E-state index is 0.0285. The van der Waals surface area contributed by atoms with Gasteiger partial charge < -0.3 is 15.0 Å². The second kappa shape index (κ2) is 9.97. The van der Waals surface area contributed by atoms with Crippen molar-refractivity contribution in [3.8, 4) is 0 Å². The number of pyridine rings is 1. The van der Waals surface area contributed by atoms with Gasteiger partial charge >= 0.3 is 0 Å². The van der Waals surface area contributed by atoms with E-state index < -0.39 is 10.0 Å². The second-order valence-electron chi connectivity index (χ2n) is 8.30. The highest BCUT2D eigenvalue weighted by Gasteiger charge is 2.31. The fourth-order valence-corrected chi connectivity index (χ4v) is 5.89. The van der Waals surface area contributed by atoms with Crippen molar-refractivity contribution in [2.45, 2.75) is 43.7 Å². The molecule has 1 aromatic carbocycles. The zero-order chi connectivity index (χ0) is 22.6. The Morgan fingerprint density at radius 2 is 1.97 bits per heavy atom.